The zero-order valence-corrected chi connectivity index (χ0v) is 11.8. The van der Waals surface area contributed by atoms with Gasteiger partial charge in [-0.1, -0.05) is 0 Å². The third-order valence-electron chi connectivity index (χ3n) is 3.29. The Balaban J connectivity index is 2.21. The minimum absolute atomic E-state index is 0.0547. The van der Waals surface area contributed by atoms with E-state index in [-0.39, 0.29) is 17.5 Å². The Kier molecular flexibility index (Phi) is 4.03. The topological polar surface area (TPSA) is 61.7 Å². The van der Waals surface area contributed by atoms with Crippen molar-refractivity contribution in [3.8, 4) is 17.2 Å². The SMILES string of the molecule is COc1ccc(NC(C)c2ccc(O)cc2O)c(C)c1. The van der Waals surface area contributed by atoms with E-state index in [1.807, 2.05) is 32.0 Å². The van der Waals surface area contributed by atoms with Gasteiger partial charge in [0, 0.05) is 17.3 Å². The van der Waals surface area contributed by atoms with Crippen molar-refractivity contribution in [3.63, 3.8) is 0 Å². The Morgan fingerprint density at radius 1 is 1.10 bits per heavy atom. The van der Waals surface area contributed by atoms with Crippen molar-refractivity contribution in [2.75, 3.05) is 12.4 Å². The fraction of sp³-hybridized carbons (Fsp3) is 0.250. The number of aryl methyl sites for hydroxylation is 1. The molecule has 0 fully saturated rings. The fourth-order valence-electron chi connectivity index (χ4n) is 2.13. The summed E-state index contributed by atoms with van der Waals surface area (Å²) >= 11 is 0. The summed E-state index contributed by atoms with van der Waals surface area (Å²) in [4.78, 5) is 0. The van der Waals surface area contributed by atoms with Crippen LogP contribution in [0.5, 0.6) is 17.2 Å². The Morgan fingerprint density at radius 3 is 2.45 bits per heavy atom. The zero-order valence-electron chi connectivity index (χ0n) is 11.8. The van der Waals surface area contributed by atoms with Crippen LogP contribution in [0.3, 0.4) is 0 Å². The van der Waals surface area contributed by atoms with Crippen molar-refractivity contribution in [2.45, 2.75) is 19.9 Å². The standard InChI is InChI=1S/C16H19NO3/c1-10-8-13(20-3)5-7-15(10)17-11(2)14-6-4-12(18)9-16(14)19/h4-9,11,17-19H,1-3H3. The molecule has 2 aromatic carbocycles. The smallest absolute Gasteiger partial charge is 0.124 e. The quantitative estimate of drug-likeness (QED) is 0.796. The van der Waals surface area contributed by atoms with Crippen LogP contribution in [0.1, 0.15) is 24.1 Å². The molecule has 0 heterocycles. The number of ether oxygens (including phenoxy) is 1. The number of methoxy groups -OCH3 is 1. The monoisotopic (exact) mass is 273 g/mol. The molecule has 0 aliphatic rings. The van der Waals surface area contributed by atoms with Gasteiger partial charge in [0.2, 0.25) is 0 Å². The second-order valence-corrected chi connectivity index (χ2v) is 4.79. The highest BCUT2D eigenvalue weighted by atomic mass is 16.5. The molecule has 4 heteroatoms. The number of phenols is 2. The molecule has 4 nitrogen and oxygen atoms in total. The predicted octanol–water partition coefficient (Wildman–Crippen LogP) is 3.59. The van der Waals surface area contributed by atoms with Crippen molar-refractivity contribution < 1.29 is 14.9 Å². The molecule has 2 aromatic rings. The second kappa shape index (κ2) is 5.74. The van der Waals surface area contributed by atoms with Gasteiger partial charge >= 0.3 is 0 Å². The first-order valence-corrected chi connectivity index (χ1v) is 6.44. The van der Waals surface area contributed by atoms with E-state index in [2.05, 4.69) is 5.32 Å². The van der Waals surface area contributed by atoms with Crippen molar-refractivity contribution in [3.05, 3.63) is 47.5 Å². The van der Waals surface area contributed by atoms with Gasteiger partial charge in [0.15, 0.2) is 0 Å². The molecule has 0 amide bonds. The molecule has 0 aliphatic heterocycles. The van der Waals surface area contributed by atoms with Crippen LogP contribution in [0.2, 0.25) is 0 Å². The average molecular weight is 273 g/mol. The second-order valence-electron chi connectivity index (χ2n) is 4.79. The lowest BCUT2D eigenvalue weighted by molar-refractivity contribution is 0.414. The van der Waals surface area contributed by atoms with Gasteiger partial charge < -0.3 is 20.3 Å². The number of aromatic hydroxyl groups is 2. The maximum absolute atomic E-state index is 9.87. The molecule has 1 atom stereocenters. The highest BCUT2D eigenvalue weighted by Crippen LogP contribution is 2.31. The highest BCUT2D eigenvalue weighted by molar-refractivity contribution is 5.55. The first kappa shape index (κ1) is 14.1. The van der Waals surface area contributed by atoms with Gasteiger partial charge in [-0.05, 0) is 49.7 Å². The van der Waals surface area contributed by atoms with Crippen LogP contribution in [-0.2, 0) is 0 Å². The molecule has 0 bridgehead atoms. The maximum Gasteiger partial charge on any atom is 0.124 e. The molecular formula is C16H19NO3. The molecule has 0 radical (unpaired) electrons. The van der Waals surface area contributed by atoms with Crippen LogP contribution in [0, 0.1) is 6.92 Å². The van der Waals surface area contributed by atoms with Gasteiger partial charge in [0.05, 0.1) is 13.2 Å². The van der Waals surface area contributed by atoms with Crippen molar-refractivity contribution in [1.82, 2.24) is 0 Å². The van der Waals surface area contributed by atoms with Crippen LogP contribution in [0.4, 0.5) is 5.69 Å². The Morgan fingerprint density at radius 2 is 1.85 bits per heavy atom. The summed E-state index contributed by atoms with van der Waals surface area (Å²) in [6, 6.07) is 10.3. The molecular weight excluding hydrogens is 254 g/mol. The van der Waals surface area contributed by atoms with Gasteiger partial charge in [0.1, 0.15) is 17.2 Å². The van der Waals surface area contributed by atoms with Crippen molar-refractivity contribution in [2.24, 2.45) is 0 Å². The Bertz CT molecular complexity index is 611. The summed E-state index contributed by atoms with van der Waals surface area (Å²) in [6.07, 6.45) is 0. The van der Waals surface area contributed by atoms with E-state index >= 15 is 0 Å². The van der Waals surface area contributed by atoms with Crippen molar-refractivity contribution >= 4 is 5.69 Å². The number of rotatable bonds is 4. The Hall–Kier alpha value is -2.36. The normalized spacial score (nSPS) is 11.9. The molecule has 3 N–H and O–H groups in total. The number of benzene rings is 2. The minimum Gasteiger partial charge on any atom is -0.508 e. The number of nitrogens with one attached hydrogen (secondary N) is 1. The summed E-state index contributed by atoms with van der Waals surface area (Å²) in [7, 11) is 1.64. The molecule has 2 rings (SSSR count). The lowest BCUT2D eigenvalue weighted by atomic mass is 10.1. The molecule has 0 saturated carbocycles. The largest absolute Gasteiger partial charge is 0.508 e. The lowest BCUT2D eigenvalue weighted by Crippen LogP contribution is -2.08. The molecule has 0 aromatic heterocycles. The van der Waals surface area contributed by atoms with E-state index in [1.54, 1.807) is 19.2 Å². The minimum atomic E-state index is -0.0808. The molecule has 106 valence electrons. The molecule has 0 aliphatic carbocycles. The highest BCUT2D eigenvalue weighted by Gasteiger charge is 2.12. The van der Waals surface area contributed by atoms with E-state index in [4.69, 9.17) is 4.74 Å². The van der Waals surface area contributed by atoms with E-state index in [0.717, 1.165) is 22.6 Å². The van der Waals surface area contributed by atoms with Gasteiger partial charge in [-0.2, -0.15) is 0 Å². The molecule has 1 unspecified atom stereocenters. The lowest BCUT2D eigenvalue weighted by Gasteiger charge is -2.19. The van der Waals surface area contributed by atoms with Crippen molar-refractivity contribution in [1.29, 1.82) is 0 Å². The molecule has 0 spiro atoms. The van der Waals surface area contributed by atoms with Crippen LogP contribution >= 0.6 is 0 Å². The average Bonchev–Trinajstić information content (AvgIpc) is 2.40. The van der Waals surface area contributed by atoms with Crippen LogP contribution in [-0.4, -0.2) is 17.3 Å². The fourth-order valence-corrected chi connectivity index (χ4v) is 2.13. The summed E-state index contributed by atoms with van der Waals surface area (Å²) in [5, 5.41) is 22.5. The van der Waals surface area contributed by atoms with E-state index < -0.39 is 0 Å². The maximum atomic E-state index is 9.87. The van der Waals surface area contributed by atoms with Gasteiger partial charge in [-0.15, -0.1) is 0 Å². The first-order chi connectivity index (χ1) is 9.51. The third-order valence-corrected chi connectivity index (χ3v) is 3.29. The van der Waals surface area contributed by atoms with Gasteiger partial charge in [0.25, 0.3) is 0 Å². The van der Waals surface area contributed by atoms with E-state index in [0.29, 0.717) is 0 Å². The first-order valence-electron chi connectivity index (χ1n) is 6.44. The van der Waals surface area contributed by atoms with Crippen LogP contribution < -0.4 is 10.1 Å². The molecule has 0 saturated heterocycles. The van der Waals surface area contributed by atoms with Crippen LogP contribution in [0.25, 0.3) is 0 Å². The number of hydrogen-bond acceptors (Lipinski definition) is 4. The third kappa shape index (κ3) is 2.96. The number of anilines is 1. The van der Waals surface area contributed by atoms with Gasteiger partial charge in [-0.3, -0.25) is 0 Å². The summed E-state index contributed by atoms with van der Waals surface area (Å²) in [6.45, 7) is 3.95. The summed E-state index contributed by atoms with van der Waals surface area (Å²) < 4.78 is 5.18. The predicted molar refractivity (Wildman–Crippen MR) is 79.5 cm³/mol. The van der Waals surface area contributed by atoms with E-state index in [1.165, 1.54) is 6.07 Å². The Labute approximate surface area is 118 Å². The molecule has 20 heavy (non-hydrogen) atoms. The van der Waals surface area contributed by atoms with E-state index in [9.17, 15) is 10.2 Å². The summed E-state index contributed by atoms with van der Waals surface area (Å²) in [5.41, 5.74) is 2.78. The summed E-state index contributed by atoms with van der Waals surface area (Å²) in [5.74, 6) is 0.948. The number of phenolic OH excluding ortho intramolecular Hbond substituents is 2. The number of hydrogen-bond donors (Lipinski definition) is 3. The van der Waals surface area contributed by atoms with Crippen LogP contribution in [0.15, 0.2) is 36.4 Å². The van der Waals surface area contributed by atoms with Gasteiger partial charge in [-0.25, -0.2) is 0 Å². The zero-order chi connectivity index (χ0) is 14.7.